The van der Waals surface area contributed by atoms with Crippen molar-refractivity contribution in [2.45, 2.75) is 26.7 Å². The molecule has 2 aromatic carbocycles. The number of fused-ring (bicyclic) bond motifs is 1. The van der Waals surface area contributed by atoms with Crippen molar-refractivity contribution in [1.82, 2.24) is 10.2 Å². The Morgan fingerprint density at radius 1 is 0.760 bits per heavy atom. The standard InChI is InChI=1S/C22H20N2O/c1-22(2)13-17-20(18(25)14-22)19(15-9-5-3-6-10-15)21(24-23-17)16-11-7-4-8-12-16/h3-12H,13-14H2,1-2H3. The molecular weight excluding hydrogens is 308 g/mol. The number of benzene rings is 2. The van der Waals surface area contributed by atoms with Crippen molar-refractivity contribution in [2.24, 2.45) is 5.41 Å². The molecule has 124 valence electrons. The summed E-state index contributed by atoms with van der Waals surface area (Å²) in [6, 6.07) is 20.0. The number of aromatic nitrogens is 2. The third kappa shape index (κ3) is 2.86. The van der Waals surface area contributed by atoms with Gasteiger partial charge in [-0.05, 0) is 17.4 Å². The summed E-state index contributed by atoms with van der Waals surface area (Å²) in [6.45, 7) is 4.23. The Morgan fingerprint density at radius 3 is 2.00 bits per heavy atom. The summed E-state index contributed by atoms with van der Waals surface area (Å²) in [5, 5.41) is 8.99. The van der Waals surface area contributed by atoms with Crippen LogP contribution < -0.4 is 0 Å². The number of carbonyl (C=O) groups excluding carboxylic acids is 1. The van der Waals surface area contributed by atoms with Gasteiger partial charge in [0.1, 0.15) is 5.69 Å². The van der Waals surface area contributed by atoms with Crippen LogP contribution in [-0.2, 0) is 6.42 Å². The second-order valence-electron chi connectivity index (χ2n) is 7.42. The Morgan fingerprint density at radius 2 is 1.36 bits per heavy atom. The summed E-state index contributed by atoms with van der Waals surface area (Å²) < 4.78 is 0. The van der Waals surface area contributed by atoms with E-state index in [9.17, 15) is 4.79 Å². The van der Waals surface area contributed by atoms with E-state index >= 15 is 0 Å². The lowest BCUT2D eigenvalue weighted by molar-refractivity contribution is 0.0910. The molecule has 3 heteroatoms. The first kappa shape index (κ1) is 15.7. The van der Waals surface area contributed by atoms with Gasteiger partial charge in [-0.2, -0.15) is 5.10 Å². The van der Waals surface area contributed by atoms with Gasteiger partial charge >= 0.3 is 0 Å². The molecule has 1 heterocycles. The fraction of sp³-hybridized carbons (Fsp3) is 0.227. The van der Waals surface area contributed by atoms with Gasteiger partial charge in [0.2, 0.25) is 0 Å². The van der Waals surface area contributed by atoms with Crippen molar-refractivity contribution in [2.75, 3.05) is 0 Å². The molecule has 0 radical (unpaired) electrons. The maximum absolute atomic E-state index is 13.0. The number of hydrogen-bond acceptors (Lipinski definition) is 3. The van der Waals surface area contributed by atoms with Crippen LogP contribution in [0.15, 0.2) is 60.7 Å². The Labute approximate surface area is 147 Å². The van der Waals surface area contributed by atoms with Crippen molar-refractivity contribution >= 4 is 5.78 Å². The first-order valence-electron chi connectivity index (χ1n) is 8.59. The van der Waals surface area contributed by atoms with Gasteiger partial charge in [-0.25, -0.2) is 0 Å². The van der Waals surface area contributed by atoms with E-state index < -0.39 is 0 Å². The highest BCUT2D eigenvalue weighted by atomic mass is 16.1. The molecule has 0 unspecified atom stereocenters. The third-order valence-corrected chi connectivity index (χ3v) is 4.72. The van der Waals surface area contributed by atoms with Crippen molar-refractivity contribution in [3.8, 4) is 22.4 Å². The van der Waals surface area contributed by atoms with Crippen LogP contribution in [0.5, 0.6) is 0 Å². The molecule has 0 amide bonds. The van der Waals surface area contributed by atoms with Gasteiger partial charge in [-0.3, -0.25) is 4.79 Å². The van der Waals surface area contributed by atoms with Crippen molar-refractivity contribution < 1.29 is 4.79 Å². The van der Waals surface area contributed by atoms with Gasteiger partial charge in [-0.1, -0.05) is 74.5 Å². The van der Waals surface area contributed by atoms with Crippen LogP contribution in [0.1, 0.15) is 36.3 Å². The van der Waals surface area contributed by atoms with Gasteiger partial charge in [0, 0.05) is 17.5 Å². The number of rotatable bonds is 2. The largest absolute Gasteiger partial charge is 0.294 e. The molecule has 0 bridgehead atoms. The minimum absolute atomic E-state index is 0.0685. The maximum atomic E-state index is 13.0. The van der Waals surface area contributed by atoms with Gasteiger partial charge in [-0.15, -0.1) is 5.10 Å². The zero-order chi connectivity index (χ0) is 17.4. The molecule has 0 saturated heterocycles. The zero-order valence-electron chi connectivity index (χ0n) is 14.5. The lowest BCUT2D eigenvalue weighted by atomic mass is 9.74. The molecule has 25 heavy (non-hydrogen) atoms. The predicted octanol–water partition coefficient (Wildman–Crippen LogP) is 4.97. The molecule has 0 N–H and O–H groups in total. The molecule has 0 fully saturated rings. The molecule has 1 aromatic heterocycles. The summed E-state index contributed by atoms with van der Waals surface area (Å²) in [6.07, 6.45) is 1.32. The average Bonchev–Trinajstić information content (AvgIpc) is 2.61. The second-order valence-corrected chi connectivity index (χ2v) is 7.42. The fourth-order valence-electron chi connectivity index (χ4n) is 3.62. The van der Waals surface area contributed by atoms with Crippen LogP contribution in [0.4, 0.5) is 0 Å². The van der Waals surface area contributed by atoms with Crippen LogP contribution in [0.2, 0.25) is 0 Å². The number of nitrogens with zero attached hydrogens (tertiary/aromatic N) is 2. The first-order chi connectivity index (χ1) is 12.1. The topological polar surface area (TPSA) is 42.9 Å². The van der Waals surface area contributed by atoms with Crippen molar-refractivity contribution in [1.29, 1.82) is 0 Å². The highest BCUT2D eigenvalue weighted by molar-refractivity contribution is 6.07. The molecule has 4 rings (SSSR count). The lowest BCUT2D eigenvalue weighted by Crippen LogP contribution is -2.29. The summed E-state index contributed by atoms with van der Waals surface area (Å²) in [5.74, 6) is 0.164. The molecule has 0 atom stereocenters. The molecule has 1 aliphatic rings. The normalized spacial score (nSPS) is 15.7. The quantitative estimate of drug-likeness (QED) is 0.667. The van der Waals surface area contributed by atoms with Gasteiger partial charge in [0.25, 0.3) is 0 Å². The number of Topliss-reactive ketones (excluding diaryl/α,β-unsaturated/α-hetero) is 1. The highest BCUT2D eigenvalue weighted by Crippen LogP contribution is 2.41. The number of hydrogen-bond donors (Lipinski definition) is 0. The monoisotopic (exact) mass is 328 g/mol. The zero-order valence-corrected chi connectivity index (χ0v) is 14.5. The number of ketones is 1. The molecule has 3 nitrogen and oxygen atoms in total. The Hall–Kier alpha value is -2.81. The van der Waals surface area contributed by atoms with E-state index in [0.29, 0.717) is 6.42 Å². The molecular formula is C22H20N2O. The smallest absolute Gasteiger partial charge is 0.166 e. The highest BCUT2D eigenvalue weighted by Gasteiger charge is 2.35. The second kappa shape index (κ2) is 5.92. The van der Waals surface area contributed by atoms with Crippen LogP contribution in [0.3, 0.4) is 0 Å². The van der Waals surface area contributed by atoms with E-state index in [4.69, 9.17) is 0 Å². The summed E-state index contributed by atoms with van der Waals surface area (Å²) in [4.78, 5) is 13.0. The van der Waals surface area contributed by atoms with Crippen LogP contribution >= 0.6 is 0 Å². The van der Waals surface area contributed by atoms with Gasteiger partial charge in [0.15, 0.2) is 5.78 Å². The first-order valence-corrected chi connectivity index (χ1v) is 8.59. The summed E-state index contributed by atoms with van der Waals surface area (Å²) in [7, 11) is 0. The van der Waals surface area contributed by atoms with E-state index in [1.165, 1.54) is 0 Å². The third-order valence-electron chi connectivity index (χ3n) is 4.72. The fourth-order valence-corrected chi connectivity index (χ4v) is 3.62. The van der Waals surface area contributed by atoms with Crippen molar-refractivity contribution in [3.05, 3.63) is 71.9 Å². The Kier molecular flexibility index (Phi) is 3.72. The van der Waals surface area contributed by atoms with E-state index in [-0.39, 0.29) is 11.2 Å². The minimum Gasteiger partial charge on any atom is -0.294 e. The van der Waals surface area contributed by atoms with E-state index in [0.717, 1.165) is 40.1 Å². The van der Waals surface area contributed by atoms with Crippen LogP contribution in [-0.4, -0.2) is 16.0 Å². The SMILES string of the molecule is CC1(C)CC(=O)c2c(nnc(-c3ccccc3)c2-c2ccccc2)C1. The van der Waals surface area contributed by atoms with Gasteiger partial charge in [0.05, 0.1) is 11.3 Å². The van der Waals surface area contributed by atoms with Crippen LogP contribution in [0, 0.1) is 5.41 Å². The summed E-state index contributed by atoms with van der Waals surface area (Å²) >= 11 is 0. The summed E-state index contributed by atoms with van der Waals surface area (Å²) in [5.41, 5.74) is 5.19. The van der Waals surface area contributed by atoms with E-state index in [1.807, 2.05) is 60.7 Å². The minimum atomic E-state index is -0.0685. The average molecular weight is 328 g/mol. The lowest BCUT2D eigenvalue weighted by Gasteiger charge is -2.30. The molecule has 0 spiro atoms. The van der Waals surface area contributed by atoms with E-state index in [1.54, 1.807) is 0 Å². The number of carbonyl (C=O) groups is 1. The van der Waals surface area contributed by atoms with Crippen LogP contribution in [0.25, 0.3) is 22.4 Å². The molecule has 0 aliphatic heterocycles. The van der Waals surface area contributed by atoms with E-state index in [2.05, 4.69) is 24.0 Å². The predicted molar refractivity (Wildman–Crippen MR) is 99.3 cm³/mol. The Balaban J connectivity index is 2.02. The molecule has 1 aliphatic carbocycles. The molecule has 3 aromatic rings. The molecule has 0 saturated carbocycles. The van der Waals surface area contributed by atoms with Crippen molar-refractivity contribution in [3.63, 3.8) is 0 Å². The Bertz CT molecular complexity index is 931. The van der Waals surface area contributed by atoms with Gasteiger partial charge < -0.3 is 0 Å². The maximum Gasteiger partial charge on any atom is 0.166 e.